The van der Waals surface area contributed by atoms with Crippen LogP contribution in [0, 0.1) is 24.7 Å². The quantitative estimate of drug-likeness (QED) is 0.193. The number of anilines is 1. The highest BCUT2D eigenvalue weighted by atomic mass is 16.2. The van der Waals surface area contributed by atoms with Crippen molar-refractivity contribution < 1.29 is 14.4 Å². The Hall–Kier alpha value is -4.54. The number of nitrogens with two attached hydrogens (primary N) is 1. The van der Waals surface area contributed by atoms with Gasteiger partial charge in [-0.05, 0) is 136 Å². The number of hydrogen-bond acceptors (Lipinski definition) is 8. The molecule has 2 amide bonds. The number of azo groups is 1. The van der Waals surface area contributed by atoms with Crippen LogP contribution in [0.1, 0.15) is 72.0 Å². The second kappa shape index (κ2) is 16.2. The number of rotatable bonds is 12. The van der Waals surface area contributed by atoms with E-state index in [-0.39, 0.29) is 36.0 Å². The number of carbonyl (C=O) groups excluding carboxylic acids is 3. The first-order valence-corrected chi connectivity index (χ1v) is 17.6. The zero-order chi connectivity index (χ0) is 34.2. The Kier molecular flexibility index (Phi) is 11.4. The maximum atomic E-state index is 13.8. The Bertz CT molecular complexity index is 1690. The van der Waals surface area contributed by atoms with Crippen LogP contribution < -0.4 is 21.7 Å². The van der Waals surface area contributed by atoms with Gasteiger partial charge in [0, 0.05) is 41.1 Å². The van der Waals surface area contributed by atoms with Gasteiger partial charge in [0.05, 0.1) is 0 Å². The fourth-order valence-corrected chi connectivity index (χ4v) is 7.13. The Balaban J connectivity index is 1.16. The van der Waals surface area contributed by atoms with Gasteiger partial charge in [-0.15, -0.1) is 5.11 Å². The number of nitrogens with one attached hydrogen (secondary N) is 3. The number of nitrogens with zero attached hydrogens (tertiary/aromatic N) is 3. The Morgan fingerprint density at radius 1 is 0.898 bits per heavy atom. The van der Waals surface area contributed by atoms with Crippen LogP contribution in [0.4, 0.5) is 5.69 Å². The number of piperidine rings is 1. The molecule has 0 spiro atoms. The monoisotopic (exact) mass is 661 g/mol. The van der Waals surface area contributed by atoms with Crippen LogP contribution >= 0.6 is 0 Å². The van der Waals surface area contributed by atoms with Gasteiger partial charge in [-0.25, -0.2) is 4.99 Å². The first kappa shape index (κ1) is 34.3. The van der Waals surface area contributed by atoms with Crippen molar-refractivity contribution in [3.05, 3.63) is 89.0 Å². The van der Waals surface area contributed by atoms with Crippen molar-refractivity contribution in [2.24, 2.45) is 38.7 Å². The maximum absolute atomic E-state index is 13.8. The van der Waals surface area contributed by atoms with Crippen LogP contribution in [-0.4, -0.2) is 55.8 Å². The summed E-state index contributed by atoms with van der Waals surface area (Å²) in [4.78, 5) is 44.7. The molecule has 1 saturated carbocycles. The lowest BCUT2D eigenvalue weighted by Crippen LogP contribution is -2.42. The molecule has 5 N–H and O–H groups in total. The molecule has 2 fully saturated rings. The summed E-state index contributed by atoms with van der Waals surface area (Å²) in [6.07, 6.45) is 6.08. The minimum atomic E-state index is -0.526. The molecule has 2 heterocycles. The van der Waals surface area contributed by atoms with Gasteiger partial charge in [-0.2, -0.15) is 5.11 Å². The molecule has 49 heavy (non-hydrogen) atoms. The van der Waals surface area contributed by atoms with Crippen molar-refractivity contribution in [3.8, 4) is 11.1 Å². The maximum Gasteiger partial charge on any atom is 0.251 e. The number of amidine groups is 1. The minimum Gasteiger partial charge on any atom is -0.349 e. The predicted molar refractivity (Wildman–Crippen MR) is 193 cm³/mol. The van der Waals surface area contributed by atoms with E-state index < -0.39 is 5.92 Å². The van der Waals surface area contributed by atoms with Gasteiger partial charge in [0.2, 0.25) is 5.91 Å². The van der Waals surface area contributed by atoms with E-state index in [4.69, 9.17) is 5.73 Å². The second-order valence-corrected chi connectivity index (χ2v) is 13.7. The highest BCUT2D eigenvalue weighted by molar-refractivity contribution is 6.01. The molecule has 0 unspecified atom stereocenters. The van der Waals surface area contributed by atoms with Crippen LogP contribution in [-0.2, 0) is 16.0 Å². The van der Waals surface area contributed by atoms with Gasteiger partial charge in [0.15, 0.2) is 12.5 Å². The first-order chi connectivity index (χ1) is 23.9. The van der Waals surface area contributed by atoms with E-state index in [1.807, 2.05) is 73.7 Å². The summed E-state index contributed by atoms with van der Waals surface area (Å²) < 4.78 is 0. The van der Waals surface area contributed by atoms with Crippen molar-refractivity contribution >= 4 is 29.1 Å². The van der Waals surface area contributed by atoms with E-state index in [9.17, 15) is 14.4 Å². The van der Waals surface area contributed by atoms with Gasteiger partial charge >= 0.3 is 0 Å². The molecule has 256 valence electrons. The van der Waals surface area contributed by atoms with E-state index in [2.05, 4.69) is 31.2 Å². The smallest absolute Gasteiger partial charge is 0.251 e. The van der Waals surface area contributed by atoms with Crippen molar-refractivity contribution in [2.45, 2.75) is 64.3 Å². The summed E-state index contributed by atoms with van der Waals surface area (Å²) in [5, 5.41) is 17.5. The first-order valence-electron chi connectivity index (χ1n) is 17.6. The summed E-state index contributed by atoms with van der Waals surface area (Å²) >= 11 is 0. The number of aliphatic imine (C=N–C) groups is 1. The number of ketones is 1. The van der Waals surface area contributed by atoms with Crippen LogP contribution in [0.3, 0.4) is 0 Å². The molecule has 0 bridgehead atoms. The van der Waals surface area contributed by atoms with Crippen molar-refractivity contribution in [1.29, 1.82) is 0 Å². The molecule has 3 aromatic rings. The van der Waals surface area contributed by atoms with Crippen LogP contribution in [0.25, 0.3) is 11.1 Å². The van der Waals surface area contributed by atoms with Gasteiger partial charge in [0.25, 0.3) is 5.91 Å². The van der Waals surface area contributed by atoms with Gasteiger partial charge in [-0.1, -0.05) is 30.3 Å². The van der Waals surface area contributed by atoms with Crippen LogP contribution in [0.2, 0.25) is 0 Å². The number of benzene rings is 3. The summed E-state index contributed by atoms with van der Waals surface area (Å²) in [5.74, 6) is 0.438. The molecule has 10 nitrogen and oxygen atoms in total. The van der Waals surface area contributed by atoms with Gasteiger partial charge in [-0.3, -0.25) is 14.4 Å². The average Bonchev–Trinajstić information content (AvgIpc) is 3.68. The molecule has 0 aromatic heterocycles. The largest absolute Gasteiger partial charge is 0.349 e. The van der Waals surface area contributed by atoms with Crippen LogP contribution in [0.15, 0.2) is 82.0 Å². The van der Waals surface area contributed by atoms with Crippen molar-refractivity contribution in [2.75, 3.05) is 31.6 Å². The molecule has 2 aliphatic heterocycles. The van der Waals surface area contributed by atoms with Gasteiger partial charge < -0.3 is 21.7 Å². The Morgan fingerprint density at radius 3 is 2.29 bits per heavy atom. The lowest BCUT2D eigenvalue weighted by molar-refractivity contribution is -0.129. The van der Waals surface area contributed by atoms with E-state index in [0.29, 0.717) is 42.6 Å². The molecule has 10 heteroatoms. The lowest BCUT2D eigenvalue weighted by atomic mass is 9.77. The average molecular weight is 662 g/mol. The fraction of sp³-hybridized carbons (Fsp3) is 0.436. The molecule has 1 saturated heterocycles. The van der Waals surface area contributed by atoms with Crippen molar-refractivity contribution in [1.82, 2.24) is 10.6 Å². The highest BCUT2D eigenvalue weighted by Gasteiger charge is 2.30. The van der Waals surface area contributed by atoms with Gasteiger partial charge in [0.1, 0.15) is 5.78 Å². The third-order valence-corrected chi connectivity index (χ3v) is 10.2. The number of carbonyl (C=O) groups is 3. The molecule has 0 radical (unpaired) electrons. The summed E-state index contributed by atoms with van der Waals surface area (Å²) in [6.45, 7) is 4.87. The summed E-state index contributed by atoms with van der Waals surface area (Å²) in [6, 6.07) is 21.5. The molecule has 1 atom stereocenters. The minimum absolute atomic E-state index is 0.0247. The number of hydrogen-bond donors (Lipinski definition) is 4. The zero-order valence-electron chi connectivity index (χ0n) is 28.3. The number of amides is 2. The summed E-state index contributed by atoms with van der Waals surface area (Å²) in [5.41, 5.74) is 12.1. The third kappa shape index (κ3) is 8.93. The van der Waals surface area contributed by atoms with E-state index in [0.717, 1.165) is 79.4 Å². The Morgan fingerprint density at radius 2 is 1.61 bits per heavy atom. The predicted octanol–water partition coefficient (Wildman–Crippen LogP) is 5.84. The SMILES string of the molecule is Cc1ccc(C(=O)NC2CCNCC2)cc1-c1ccc(C[C@H](CC(=O)C2CCC(CN)CC2)C(=O)Nc2ccc(C3=NCN=N3)cc2)cc1. The number of Topliss-reactive ketones (excluding diaryl/α,β-unsaturated/α-hetero) is 1. The van der Waals surface area contributed by atoms with E-state index in [1.165, 1.54) is 0 Å². The molecular formula is C39H47N7O3. The fourth-order valence-electron chi connectivity index (χ4n) is 7.13. The highest BCUT2D eigenvalue weighted by Crippen LogP contribution is 2.32. The zero-order valence-corrected chi connectivity index (χ0v) is 28.3. The van der Waals surface area contributed by atoms with E-state index in [1.54, 1.807) is 0 Å². The topological polar surface area (TPSA) is 150 Å². The molecule has 1 aliphatic carbocycles. The van der Waals surface area contributed by atoms with Crippen molar-refractivity contribution in [3.63, 3.8) is 0 Å². The molecule has 6 rings (SSSR count). The molecular weight excluding hydrogens is 614 g/mol. The standard InChI is InChI=1S/C39H47N7O3/c1-25-2-7-31(38(48)45-34-16-18-41-19-17-34)21-35(25)28-8-3-26(4-9-28)20-32(22-36(47)29-10-5-27(23-40)6-11-29)39(49)44-33-14-12-30(13-15-33)37-42-24-43-46-37/h2-4,7-9,12-15,21,27,29,32,34,41H,5-6,10-11,16-20,22-24,40H2,1H3,(H,44,49)(H,45,48)/t27?,29?,32-/m1/s1. The third-order valence-electron chi connectivity index (χ3n) is 10.2. The second-order valence-electron chi connectivity index (χ2n) is 13.7. The Labute approximate surface area is 288 Å². The van der Waals surface area contributed by atoms with Crippen LogP contribution in [0.5, 0.6) is 0 Å². The summed E-state index contributed by atoms with van der Waals surface area (Å²) in [7, 11) is 0. The molecule has 3 aromatic carbocycles. The molecule has 3 aliphatic rings. The van der Waals surface area contributed by atoms with E-state index >= 15 is 0 Å². The lowest BCUT2D eigenvalue weighted by Gasteiger charge is -2.27. The number of aryl methyl sites for hydroxylation is 1. The normalized spacial score (nSPS) is 20.0.